The van der Waals surface area contributed by atoms with Crippen LogP contribution in [0.25, 0.3) is 11.0 Å². The molecule has 1 amide bonds. The van der Waals surface area contributed by atoms with Gasteiger partial charge < -0.3 is 15.3 Å². The SMILES string of the molecule is NC(=O)CC1CCN(Cc2coc3cc(O)ccc23)CC1. The van der Waals surface area contributed by atoms with E-state index in [9.17, 15) is 9.90 Å². The minimum Gasteiger partial charge on any atom is -0.508 e. The number of phenolic OH excluding ortho intramolecular Hbond substituents is 1. The molecule has 0 aliphatic carbocycles. The van der Waals surface area contributed by atoms with E-state index >= 15 is 0 Å². The van der Waals surface area contributed by atoms with E-state index in [1.165, 1.54) is 0 Å². The van der Waals surface area contributed by atoms with Crippen LogP contribution in [0.4, 0.5) is 0 Å². The third-order valence-electron chi connectivity index (χ3n) is 4.23. The summed E-state index contributed by atoms with van der Waals surface area (Å²) in [6.07, 6.45) is 4.29. The highest BCUT2D eigenvalue weighted by atomic mass is 16.3. The Hall–Kier alpha value is -2.01. The smallest absolute Gasteiger partial charge is 0.217 e. The van der Waals surface area contributed by atoms with Gasteiger partial charge in [-0.3, -0.25) is 9.69 Å². The molecule has 1 aliphatic rings. The largest absolute Gasteiger partial charge is 0.508 e. The molecule has 1 aliphatic heterocycles. The summed E-state index contributed by atoms with van der Waals surface area (Å²) in [5, 5.41) is 10.5. The molecule has 5 heteroatoms. The second-order valence-electron chi connectivity index (χ2n) is 5.83. The zero-order chi connectivity index (χ0) is 14.8. The van der Waals surface area contributed by atoms with Gasteiger partial charge in [0.15, 0.2) is 0 Å². The molecule has 1 saturated heterocycles. The molecule has 3 rings (SSSR count). The quantitative estimate of drug-likeness (QED) is 0.904. The number of carbonyl (C=O) groups is 1. The molecule has 0 saturated carbocycles. The highest BCUT2D eigenvalue weighted by molar-refractivity contribution is 5.82. The molecule has 0 bridgehead atoms. The number of fused-ring (bicyclic) bond motifs is 1. The zero-order valence-electron chi connectivity index (χ0n) is 11.9. The molecule has 0 radical (unpaired) electrons. The molecule has 1 aromatic heterocycles. The van der Waals surface area contributed by atoms with Crippen LogP contribution in [0, 0.1) is 5.92 Å². The number of primary amides is 1. The molecule has 112 valence electrons. The number of furan rings is 1. The monoisotopic (exact) mass is 288 g/mol. The first-order valence-electron chi connectivity index (χ1n) is 7.31. The summed E-state index contributed by atoms with van der Waals surface area (Å²) >= 11 is 0. The van der Waals surface area contributed by atoms with Crippen LogP contribution >= 0.6 is 0 Å². The molecule has 21 heavy (non-hydrogen) atoms. The topological polar surface area (TPSA) is 79.7 Å². The summed E-state index contributed by atoms with van der Waals surface area (Å²) in [5.74, 6) is 0.446. The van der Waals surface area contributed by atoms with Gasteiger partial charge in [0.25, 0.3) is 0 Å². The van der Waals surface area contributed by atoms with Crippen molar-refractivity contribution < 1.29 is 14.3 Å². The predicted octanol–water partition coefficient (Wildman–Crippen LogP) is 2.23. The lowest BCUT2D eigenvalue weighted by atomic mass is 9.93. The first-order chi connectivity index (χ1) is 10.1. The molecular weight excluding hydrogens is 268 g/mol. The van der Waals surface area contributed by atoms with E-state index < -0.39 is 0 Å². The molecule has 2 aromatic rings. The van der Waals surface area contributed by atoms with Crippen molar-refractivity contribution in [3.63, 3.8) is 0 Å². The first kappa shape index (κ1) is 13.9. The molecule has 3 N–H and O–H groups in total. The minimum absolute atomic E-state index is 0.200. The molecule has 1 fully saturated rings. The van der Waals surface area contributed by atoms with Crippen molar-refractivity contribution in [1.29, 1.82) is 0 Å². The van der Waals surface area contributed by atoms with Crippen LogP contribution in [-0.4, -0.2) is 29.0 Å². The fourth-order valence-corrected chi connectivity index (χ4v) is 3.07. The van der Waals surface area contributed by atoms with Gasteiger partial charge in [0.2, 0.25) is 5.91 Å². The van der Waals surface area contributed by atoms with E-state index in [1.54, 1.807) is 18.4 Å². The number of hydrogen-bond acceptors (Lipinski definition) is 4. The van der Waals surface area contributed by atoms with Gasteiger partial charge in [-0.2, -0.15) is 0 Å². The summed E-state index contributed by atoms with van der Waals surface area (Å²) in [5.41, 5.74) is 7.11. The van der Waals surface area contributed by atoms with E-state index in [1.807, 2.05) is 6.07 Å². The minimum atomic E-state index is -0.200. The summed E-state index contributed by atoms with van der Waals surface area (Å²) in [7, 11) is 0. The number of rotatable bonds is 4. The molecule has 2 heterocycles. The number of aromatic hydroxyl groups is 1. The predicted molar refractivity (Wildman–Crippen MR) is 79.7 cm³/mol. The van der Waals surface area contributed by atoms with Crippen LogP contribution in [0.5, 0.6) is 5.75 Å². The highest BCUT2D eigenvalue weighted by Crippen LogP contribution is 2.27. The zero-order valence-corrected chi connectivity index (χ0v) is 11.9. The van der Waals surface area contributed by atoms with E-state index in [4.69, 9.17) is 10.2 Å². The number of piperidine rings is 1. The maximum Gasteiger partial charge on any atom is 0.217 e. The summed E-state index contributed by atoms with van der Waals surface area (Å²) in [4.78, 5) is 13.3. The van der Waals surface area contributed by atoms with Crippen LogP contribution in [0.15, 0.2) is 28.9 Å². The standard InChI is InChI=1S/C16H20N2O3/c17-16(20)7-11-3-5-18(6-4-11)9-12-10-21-15-8-13(19)1-2-14(12)15/h1-2,8,10-11,19H,3-7,9H2,(H2,17,20). The number of amides is 1. The molecule has 0 atom stereocenters. The van der Waals surface area contributed by atoms with Crippen LogP contribution in [0.1, 0.15) is 24.8 Å². The van der Waals surface area contributed by atoms with Crippen molar-refractivity contribution >= 4 is 16.9 Å². The number of nitrogens with zero attached hydrogens (tertiary/aromatic N) is 1. The number of phenols is 1. The normalized spacial score (nSPS) is 17.3. The van der Waals surface area contributed by atoms with E-state index in [0.29, 0.717) is 17.9 Å². The lowest BCUT2D eigenvalue weighted by molar-refractivity contribution is -0.119. The van der Waals surface area contributed by atoms with Crippen molar-refractivity contribution in [2.45, 2.75) is 25.8 Å². The Morgan fingerprint density at radius 1 is 1.38 bits per heavy atom. The number of likely N-dealkylation sites (tertiary alicyclic amines) is 1. The molecule has 5 nitrogen and oxygen atoms in total. The van der Waals surface area contributed by atoms with Gasteiger partial charge in [0, 0.05) is 30.0 Å². The van der Waals surface area contributed by atoms with E-state index in [2.05, 4.69) is 4.90 Å². The number of benzene rings is 1. The van der Waals surface area contributed by atoms with Crippen LogP contribution in [-0.2, 0) is 11.3 Å². The maximum atomic E-state index is 11.0. The molecular formula is C16H20N2O3. The third-order valence-corrected chi connectivity index (χ3v) is 4.23. The second kappa shape index (κ2) is 5.77. The van der Waals surface area contributed by atoms with Crippen molar-refractivity contribution in [3.8, 4) is 5.75 Å². The number of nitrogens with two attached hydrogens (primary N) is 1. The van der Waals surface area contributed by atoms with Gasteiger partial charge in [-0.1, -0.05) is 0 Å². The Morgan fingerprint density at radius 2 is 2.14 bits per heavy atom. The summed E-state index contributed by atoms with van der Waals surface area (Å²) < 4.78 is 5.50. The van der Waals surface area contributed by atoms with Crippen molar-refractivity contribution in [2.75, 3.05) is 13.1 Å². The van der Waals surface area contributed by atoms with Crippen LogP contribution < -0.4 is 5.73 Å². The molecule has 0 spiro atoms. The van der Waals surface area contributed by atoms with Gasteiger partial charge in [0.05, 0.1) is 6.26 Å². The van der Waals surface area contributed by atoms with Crippen molar-refractivity contribution in [1.82, 2.24) is 4.90 Å². The van der Waals surface area contributed by atoms with Crippen LogP contribution in [0.2, 0.25) is 0 Å². The highest BCUT2D eigenvalue weighted by Gasteiger charge is 2.21. The average molecular weight is 288 g/mol. The fourth-order valence-electron chi connectivity index (χ4n) is 3.07. The maximum absolute atomic E-state index is 11.0. The van der Waals surface area contributed by atoms with E-state index in [-0.39, 0.29) is 11.7 Å². The van der Waals surface area contributed by atoms with Crippen LogP contribution in [0.3, 0.4) is 0 Å². The number of carbonyl (C=O) groups excluding carboxylic acids is 1. The van der Waals surface area contributed by atoms with Crippen molar-refractivity contribution in [3.05, 3.63) is 30.0 Å². The Morgan fingerprint density at radius 3 is 2.86 bits per heavy atom. The Labute approximate surface area is 123 Å². The van der Waals surface area contributed by atoms with Crippen molar-refractivity contribution in [2.24, 2.45) is 11.7 Å². The summed E-state index contributed by atoms with van der Waals surface area (Å²) in [6.45, 7) is 2.78. The first-order valence-corrected chi connectivity index (χ1v) is 7.31. The number of hydrogen-bond donors (Lipinski definition) is 2. The second-order valence-corrected chi connectivity index (χ2v) is 5.83. The van der Waals surface area contributed by atoms with Gasteiger partial charge in [0.1, 0.15) is 11.3 Å². The third kappa shape index (κ3) is 3.19. The lowest BCUT2D eigenvalue weighted by Crippen LogP contribution is -2.34. The lowest BCUT2D eigenvalue weighted by Gasteiger charge is -2.31. The Balaban J connectivity index is 1.63. The Bertz CT molecular complexity index is 642. The van der Waals surface area contributed by atoms with Gasteiger partial charge >= 0.3 is 0 Å². The molecule has 1 aromatic carbocycles. The average Bonchev–Trinajstić information content (AvgIpc) is 2.83. The molecule has 0 unspecified atom stereocenters. The Kier molecular flexibility index (Phi) is 3.84. The summed E-state index contributed by atoms with van der Waals surface area (Å²) in [6, 6.07) is 5.21. The van der Waals surface area contributed by atoms with Gasteiger partial charge in [-0.05, 0) is 44.0 Å². The fraction of sp³-hybridized carbons (Fsp3) is 0.438. The van der Waals surface area contributed by atoms with E-state index in [0.717, 1.165) is 43.4 Å². The van der Waals surface area contributed by atoms with Gasteiger partial charge in [-0.25, -0.2) is 0 Å². The van der Waals surface area contributed by atoms with Gasteiger partial charge in [-0.15, -0.1) is 0 Å².